The fourth-order valence-corrected chi connectivity index (χ4v) is 1.22. The number of halogens is 1. The van der Waals surface area contributed by atoms with Crippen molar-refractivity contribution in [1.82, 2.24) is 4.90 Å². The Balaban J connectivity index is 2.87. The number of ether oxygens (including phenoxy) is 1. The molecule has 0 atom stereocenters. The van der Waals surface area contributed by atoms with Crippen molar-refractivity contribution in [3.05, 3.63) is 29.6 Å². The van der Waals surface area contributed by atoms with E-state index in [-0.39, 0.29) is 18.1 Å². The van der Waals surface area contributed by atoms with Crippen LogP contribution in [0, 0.1) is 5.82 Å². The minimum Gasteiger partial charge on any atom is -0.494 e. The summed E-state index contributed by atoms with van der Waals surface area (Å²) in [5, 5.41) is 0. The highest BCUT2D eigenvalue weighted by molar-refractivity contribution is 5.97. The van der Waals surface area contributed by atoms with Crippen LogP contribution in [0.25, 0.3) is 0 Å². The third-order valence-electron chi connectivity index (χ3n) is 1.93. The van der Waals surface area contributed by atoms with Crippen molar-refractivity contribution < 1.29 is 13.9 Å². The maximum Gasteiger partial charge on any atom is 0.176 e. The zero-order valence-corrected chi connectivity index (χ0v) is 9.08. The third-order valence-corrected chi connectivity index (χ3v) is 1.93. The van der Waals surface area contributed by atoms with E-state index in [2.05, 4.69) is 0 Å². The molecule has 15 heavy (non-hydrogen) atoms. The fourth-order valence-electron chi connectivity index (χ4n) is 1.22. The second-order valence-corrected chi connectivity index (χ2v) is 3.51. The summed E-state index contributed by atoms with van der Waals surface area (Å²) in [5.41, 5.74) is 0.363. The minimum atomic E-state index is -0.512. The molecule has 0 fully saturated rings. The molecule has 0 aliphatic heterocycles. The molecule has 0 saturated carbocycles. The van der Waals surface area contributed by atoms with Crippen LogP contribution in [0.15, 0.2) is 18.2 Å². The molecule has 0 bridgehead atoms. The van der Waals surface area contributed by atoms with E-state index >= 15 is 0 Å². The first-order valence-electron chi connectivity index (χ1n) is 4.56. The molecule has 0 heterocycles. The van der Waals surface area contributed by atoms with Crippen LogP contribution in [0.4, 0.5) is 4.39 Å². The lowest BCUT2D eigenvalue weighted by Gasteiger charge is -2.09. The standard InChI is InChI=1S/C11H14FNO2/c1-13(2)7-10(14)8-4-5-11(15-3)9(12)6-8/h4-6H,7H2,1-3H3. The molecule has 1 rings (SSSR count). The Bertz CT molecular complexity index is 364. The molecule has 0 N–H and O–H groups in total. The second kappa shape index (κ2) is 4.89. The van der Waals surface area contributed by atoms with Crippen LogP contribution >= 0.6 is 0 Å². The fraction of sp³-hybridized carbons (Fsp3) is 0.364. The maximum absolute atomic E-state index is 13.3. The van der Waals surface area contributed by atoms with Crippen LogP contribution in [-0.2, 0) is 0 Å². The van der Waals surface area contributed by atoms with Crippen molar-refractivity contribution in [2.24, 2.45) is 0 Å². The van der Waals surface area contributed by atoms with Gasteiger partial charge in [-0.2, -0.15) is 0 Å². The van der Waals surface area contributed by atoms with Gasteiger partial charge in [-0.15, -0.1) is 0 Å². The molecule has 0 aromatic heterocycles. The van der Waals surface area contributed by atoms with E-state index in [0.717, 1.165) is 0 Å². The van der Waals surface area contributed by atoms with E-state index in [1.165, 1.54) is 19.2 Å². The van der Waals surface area contributed by atoms with Crippen molar-refractivity contribution in [3.63, 3.8) is 0 Å². The number of benzene rings is 1. The van der Waals surface area contributed by atoms with E-state index in [1.807, 2.05) is 0 Å². The SMILES string of the molecule is COc1ccc(C(=O)CN(C)C)cc1F. The Labute approximate surface area is 88.5 Å². The van der Waals surface area contributed by atoms with E-state index < -0.39 is 5.82 Å². The van der Waals surface area contributed by atoms with Gasteiger partial charge < -0.3 is 9.64 Å². The summed E-state index contributed by atoms with van der Waals surface area (Å²) in [6.45, 7) is 0.270. The van der Waals surface area contributed by atoms with Gasteiger partial charge in [0.2, 0.25) is 0 Å². The number of likely N-dealkylation sites (N-methyl/N-ethyl adjacent to an activating group) is 1. The van der Waals surface area contributed by atoms with Gasteiger partial charge in [-0.05, 0) is 32.3 Å². The molecule has 0 unspecified atom stereocenters. The number of ketones is 1. The third kappa shape index (κ3) is 3.02. The summed E-state index contributed by atoms with van der Waals surface area (Å²) in [6, 6.07) is 4.22. The van der Waals surface area contributed by atoms with Gasteiger partial charge in [0.15, 0.2) is 17.3 Å². The summed E-state index contributed by atoms with van der Waals surface area (Å²) in [7, 11) is 4.97. The predicted molar refractivity (Wildman–Crippen MR) is 55.8 cm³/mol. The highest BCUT2D eigenvalue weighted by Crippen LogP contribution is 2.17. The average Bonchev–Trinajstić information content (AvgIpc) is 2.16. The number of carbonyl (C=O) groups excluding carboxylic acids is 1. The van der Waals surface area contributed by atoms with Crippen molar-refractivity contribution in [1.29, 1.82) is 0 Å². The summed E-state index contributed by atoms with van der Waals surface area (Å²) in [4.78, 5) is 13.3. The van der Waals surface area contributed by atoms with E-state index in [0.29, 0.717) is 5.56 Å². The van der Waals surface area contributed by atoms with Crippen molar-refractivity contribution >= 4 is 5.78 Å². The molecule has 1 aromatic rings. The average molecular weight is 211 g/mol. The molecular weight excluding hydrogens is 197 g/mol. The van der Waals surface area contributed by atoms with Crippen LogP contribution in [0.2, 0.25) is 0 Å². The first-order chi connectivity index (χ1) is 7.04. The summed E-state index contributed by atoms with van der Waals surface area (Å²) >= 11 is 0. The molecule has 0 aliphatic rings. The molecule has 0 spiro atoms. The molecule has 0 radical (unpaired) electrons. The van der Waals surface area contributed by atoms with Gasteiger partial charge in [-0.25, -0.2) is 4.39 Å². The number of Topliss-reactive ketones (excluding diaryl/α,β-unsaturated/α-hetero) is 1. The molecule has 0 amide bonds. The number of nitrogens with zero attached hydrogens (tertiary/aromatic N) is 1. The molecule has 1 aromatic carbocycles. The van der Waals surface area contributed by atoms with E-state index in [9.17, 15) is 9.18 Å². The van der Waals surface area contributed by atoms with Crippen molar-refractivity contribution in [2.45, 2.75) is 0 Å². The summed E-state index contributed by atoms with van der Waals surface area (Å²) in [5.74, 6) is -0.472. The zero-order valence-electron chi connectivity index (χ0n) is 9.08. The Hall–Kier alpha value is -1.42. The molecular formula is C11H14FNO2. The quantitative estimate of drug-likeness (QED) is 0.708. The van der Waals surface area contributed by atoms with Gasteiger partial charge in [-0.3, -0.25) is 4.79 Å². The van der Waals surface area contributed by atoms with Crippen LogP contribution in [-0.4, -0.2) is 38.4 Å². The van der Waals surface area contributed by atoms with Crippen molar-refractivity contribution in [2.75, 3.05) is 27.7 Å². The number of methoxy groups -OCH3 is 1. The van der Waals surface area contributed by atoms with Crippen LogP contribution in [0.5, 0.6) is 5.75 Å². The van der Waals surface area contributed by atoms with Crippen molar-refractivity contribution in [3.8, 4) is 5.75 Å². The molecule has 4 heteroatoms. The van der Waals surface area contributed by atoms with E-state index in [1.54, 1.807) is 25.1 Å². The largest absolute Gasteiger partial charge is 0.494 e. The predicted octanol–water partition coefficient (Wildman–Crippen LogP) is 1.58. The Morgan fingerprint density at radius 2 is 2.13 bits per heavy atom. The molecule has 0 saturated heterocycles. The van der Waals surface area contributed by atoms with Crippen LogP contribution in [0.1, 0.15) is 10.4 Å². The summed E-state index contributed by atoms with van der Waals surface area (Å²) in [6.07, 6.45) is 0. The topological polar surface area (TPSA) is 29.5 Å². The first kappa shape index (κ1) is 11.7. The molecule has 3 nitrogen and oxygen atoms in total. The number of rotatable bonds is 4. The normalized spacial score (nSPS) is 10.5. The Kier molecular flexibility index (Phi) is 3.80. The van der Waals surface area contributed by atoms with Gasteiger partial charge in [0.1, 0.15) is 0 Å². The lowest BCUT2D eigenvalue weighted by Crippen LogP contribution is -2.21. The van der Waals surface area contributed by atoms with Crippen LogP contribution in [0.3, 0.4) is 0 Å². The second-order valence-electron chi connectivity index (χ2n) is 3.51. The Morgan fingerprint density at radius 3 is 2.60 bits per heavy atom. The molecule has 82 valence electrons. The highest BCUT2D eigenvalue weighted by Gasteiger charge is 2.10. The van der Waals surface area contributed by atoms with Gasteiger partial charge in [0, 0.05) is 5.56 Å². The number of carbonyl (C=O) groups is 1. The minimum absolute atomic E-state index is 0.110. The highest BCUT2D eigenvalue weighted by atomic mass is 19.1. The lowest BCUT2D eigenvalue weighted by molar-refractivity contribution is 0.0957. The van der Waals surface area contributed by atoms with Gasteiger partial charge in [-0.1, -0.05) is 0 Å². The molecule has 0 aliphatic carbocycles. The maximum atomic E-state index is 13.3. The first-order valence-corrected chi connectivity index (χ1v) is 4.56. The van der Waals surface area contributed by atoms with E-state index in [4.69, 9.17) is 4.74 Å². The number of hydrogen-bond acceptors (Lipinski definition) is 3. The van der Waals surface area contributed by atoms with Gasteiger partial charge >= 0.3 is 0 Å². The van der Waals surface area contributed by atoms with Gasteiger partial charge in [0.25, 0.3) is 0 Å². The monoisotopic (exact) mass is 211 g/mol. The number of hydrogen-bond donors (Lipinski definition) is 0. The lowest BCUT2D eigenvalue weighted by atomic mass is 10.1. The van der Waals surface area contributed by atoms with Gasteiger partial charge in [0.05, 0.1) is 13.7 Å². The smallest absolute Gasteiger partial charge is 0.176 e. The summed E-state index contributed by atoms with van der Waals surface area (Å²) < 4.78 is 18.0. The Morgan fingerprint density at radius 1 is 1.47 bits per heavy atom. The van der Waals surface area contributed by atoms with Crippen LogP contribution < -0.4 is 4.74 Å². The zero-order chi connectivity index (χ0) is 11.4.